The molecule has 8 heteroatoms. The topological polar surface area (TPSA) is 116 Å². The fourth-order valence-corrected chi connectivity index (χ4v) is 3.55. The molecule has 0 atom stereocenters. The number of hydrogen-bond donors (Lipinski definition) is 2. The standard InChI is InChI=1S/C16H12Br2N4O2/c1-2-3-24-14-9(4-8(17)5-12(14)18)13-10(6-19)15(21)22-16(23)11(13)7-20/h4-5H,2-3H2,1H3,(H3,21,22,23). The fraction of sp³-hybridized carbons (Fsp3) is 0.188. The number of nitrogens with zero attached hydrogens (tertiary/aromatic N) is 2. The van der Waals surface area contributed by atoms with Crippen LogP contribution in [0.3, 0.4) is 0 Å². The van der Waals surface area contributed by atoms with Gasteiger partial charge in [-0.15, -0.1) is 0 Å². The van der Waals surface area contributed by atoms with Crippen molar-refractivity contribution in [3.05, 3.63) is 42.6 Å². The van der Waals surface area contributed by atoms with Gasteiger partial charge >= 0.3 is 0 Å². The van der Waals surface area contributed by atoms with E-state index >= 15 is 0 Å². The molecule has 0 bridgehead atoms. The van der Waals surface area contributed by atoms with Crippen LogP contribution in [0.5, 0.6) is 5.75 Å². The van der Waals surface area contributed by atoms with Crippen LogP contribution in [0, 0.1) is 22.7 Å². The number of nitrogens with two attached hydrogens (primary N) is 1. The lowest BCUT2D eigenvalue weighted by Crippen LogP contribution is -2.16. The highest BCUT2D eigenvalue weighted by Crippen LogP contribution is 2.42. The van der Waals surface area contributed by atoms with Crippen molar-refractivity contribution >= 4 is 37.7 Å². The number of nitrogens with one attached hydrogen (secondary N) is 1. The zero-order chi connectivity index (χ0) is 17.9. The molecule has 0 fully saturated rings. The second kappa shape index (κ2) is 7.52. The van der Waals surface area contributed by atoms with Gasteiger partial charge in [-0.2, -0.15) is 10.5 Å². The highest BCUT2D eigenvalue weighted by atomic mass is 79.9. The van der Waals surface area contributed by atoms with Gasteiger partial charge in [-0.05, 0) is 34.5 Å². The molecule has 0 amide bonds. The number of benzene rings is 1. The van der Waals surface area contributed by atoms with Crippen molar-refractivity contribution in [2.75, 3.05) is 12.3 Å². The number of nitrogen functional groups attached to an aromatic ring is 1. The number of nitriles is 2. The van der Waals surface area contributed by atoms with Gasteiger partial charge in [0.25, 0.3) is 5.56 Å². The van der Waals surface area contributed by atoms with Crippen LogP contribution in [0.15, 0.2) is 25.9 Å². The zero-order valence-electron chi connectivity index (χ0n) is 12.6. The Morgan fingerprint density at radius 3 is 2.50 bits per heavy atom. The molecule has 0 aliphatic carbocycles. The molecule has 0 aliphatic rings. The van der Waals surface area contributed by atoms with E-state index in [0.717, 1.165) is 6.42 Å². The molecule has 0 aliphatic heterocycles. The van der Waals surface area contributed by atoms with Crippen LogP contribution in [0.25, 0.3) is 11.1 Å². The summed E-state index contributed by atoms with van der Waals surface area (Å²) in [4.78, 5) is 14.4. The Morgan fingerprint density at radius 2 is 1.92 bits per heavy atom. The first-order valence-corrected chi connectivity index (χ1v) is 8.51. The van der Waals surface area contributed by atoms with Gasteiger partial charge in [-0.1, -0.05) is 22.9 Å². The van der Waals surface area contributed by atoms with E-state index in [4.69, 9.17) is 10.5 Å². The lowest BCUT2D eigenvalue weighted by Gasteiger charge is -2.16. The summed E-state index contributed by atoms with van der Waals surface area (Å²) in [6, 6.07) is 7.27. The first-order valence-electron chi connectivity index (χ1n) is 6.92. The Labute approximate surface area is 155 Å². The molecule has 2 aromatic rings. The summed E-state index contributed by atoms with van der Waals surface area (Å²) < 4.78 is 7.09. The molecule has 2 rings (SSSR count). The maximum Gasteiger partial charge on any atom is 0.268 e. The van der Waals surface area contributed by atoms with Crippen molar-refractivity contribution in [1.82, 2.24) is 4.98 Å². The highest BCUT2D eigenvalue weighted by molar-refractivity contribution is 9.11. The summed E-state index contributed by atoms with van der Waals surface area (Å²) >= 11 is 6.79. The van der Waals surface area contributed by atoms with E-state index < -0.39 is 5.56 Å². The third-order valence-electron chi connectivity index (χ3n) is 3.20. The Kier molecular flexibility index (Phi) is 5.66. The minimum atomic E-state index is -0.651. The Morgan fingerprint density at radius 1 is 1.25 bits per heavy atom. The quantitative estimate of drug-likeness (QED) is 0.735. The predicted molar refractivity (Wildman–Crippen MR) is 97.5 cm³/mol. The highest BCUT2D eigenvalue weighted by Gasteiger charge is 2.23. The van der Waals surface area contributed by atoms with Crippen molar-refractivity contribution in [2.24, 2.45) is 0 Å². The van der Waals surface area contributed by atoms with Crippen LogP contribution in [0.2, 0.25) is 0 Å². The van der Waals surface area contributed by atoms with E-state index in [1.54, 1.807) is 12.1 Å². The molecule has 0 radical (unpaired) electrons. The molecule has 1 aromatic carbocycles. The third-order valence-corrected chi connectivity index (χ3v) is 4.24. The largest absolute Gasteiger partial charge is 0.492 e. The van der Waals surface area contributed by atoms with E-state index in [2.05, 4.69) is 36.8 Å². The van der Waals surface area contributed by atoms with Crippen molar-refractivity contribution in [3.63, 3.8) is 0 Å². The Bertz CT molecular complexity index is 939. The average Bonchev–Trinajstić information content (AvgIpc) is 2.52. The monoisotopic (exact) mass is 450 g/mol. The average molecular weight is 452 g/mol. The van der Waals surface area contributed by atoms with Crippen LogP contribution in [0.4, 0.5) is 5.82 Å². The summed E-state index contributed by atoms with van der Waals surface area (Å²) in [6.45, 7) is 2.40. The minimum Gasteiger partial charge on any atom is -0.492 e. The number of anilines is 1. The number of hydrogen-bond acceptors (Lipinski definition) is 5. The fourth-order valence-electron chi connectivity index (χ4n) is 2.21. The number of aromatic nitrogens is 1. The number of H-pyrrole nitrogens is 1. The molecule has 1 heterocycles. The maximum atomic E-state index is 12.1. The summed E-state index contributed by atoms with van der Waals surface area (Å²) in [6.07, 6.45) is 0.773. The van der Waals surface area contributed by atoms with Crippen molar-refractivity contribution in [3.8, 4) is 29.0 Å². The Balaban J connectivity index is 2.94. The molecule has 0 unspecified atom stereocenters. The molecule has 6 nitrogen and oxygen atoms in total. The van der Waals surface area contributed by atoms with Gasteiger partial charge in [0.1, 0.15) is 34.8 Å². The summed E-state index contributed by atoms with van der Waals surface area (Å²) in [5.41, 5.74) is 5.56. The Hall–Kier alpha value is -2.29. The van der Waals surface area contributed by atoms with Gasteiger partial charge in [0.05, 0.1) is 11.1 Å². The van der Waals surface area contributed by atoms with Gasteiger partial charge in [-0.25, -0.2) is 0 Å². The lowest BCUT2D eigenvalue weighted by molar-refractivity contribution is 0.317. The van der Waals surface area contributed by atoms with Gasteiger partial charge in [-0.3, -0.25) is 4.79 Å². The van der Waals surface area contributed by atoms with Crippen LogP contribution in [-0.2, 0) is 0 Å². The molecular formula is C16H12Br2N4O2. The first-order chi connectivity index (χ1) is 11.4. The lowest BCUT2D eigenvalue weighted by atomic mass is 9.96. The number of ether oxygens (including phenoxy) is 1. The van der Waals surface area contributed by atoms with E-state index in [1.165, 1.54) is 0 Å². The zero-order valence-corrected chi connectivity index (χ0v) is 15.8. The number of rotatable bonds is 4. The second-order valence-corrected chi connectivity index (χ2v) is 6.60. The van der Waals surface area contributed by atoms with Crippen LogP contribution >= 0.6 is 31.9 Å². The predicted octanol–water partition coefficient (Wildman–Crippen LogP) is 3.68. The van der Waals surface area contributed by atoms with Crippen molar-refractivity contribution in [1.29, 1.82) is 10.5 Å². The van der Waals surface area contributed by atoms with E-state index in [9.17, 15) is 15.3 Å². The van der Waals surface area contributed by atoms with Crippen LogP contribution < -0.4 is 16.0 Å². The van der Waals surface area contributed by atoms with Crippen molar-refractivity contribution in [2.45, 2.75) is 13.3 Å². The van der Waals surface area contributed by atoms with Crippen LogP contribution in [0.1, 0.15) is 24.5 Å². The van der Waals surface area contributed by atoms with E-state index in [1.807, 2.05) is 19.1 Å². The molecular weight excluding hydrogens is 440 g/mol. The van der Waals surface area contributed by atoms with Crippen molar-refractivity contribution < 1.29 is 4.74 Å². The molecule has 0 saturated carbocycles. The smallest absolute Gasteiger partial charge is 0.268 e. The van der Waals surface area contributed by atoms with Gasteiger partial charge < -0.3 is 15.5 Å². The summed E-state index contributed by atoms with van der Waals surface area (Å²) in [5.74, 6) is 0.354. The number of halogens is 2. The molecule has 122 valence electrons. The normalized spacial score (nSPS) is 10.0. The summed E-state index contributed by atoms with van der Waals surface area (Å²) in [5, 5.41) is 18.8. The van der Waals surface area contributed by atoms with Gasteiger partial charge in [0.15, 0.2) is 0 Å². The van der Waals surface area contributed by atoms with E-state index in [-0.39, 0.29) is 22.5 Å². The van der Waals surface area contributed by atoms with Crippen LogP contribution in [-0.4, -0.2) is 11.6 Å². The molecule has 3 N–H and O–H groups in total. The SMILES string of the molecule is CCCOc1c(Br)cc(Br)cc1-c1c(C#N)c(N)[nH]c(=O)c1C#N. The number of aromatic amines is 1. The maximum absolute atomic E-state index is 12.1. The van der Waals surface area contributed by atoms with E-state index in [0.29, 0.717) is 26.9 Å². The molecule has 0 spiro atoms. The first kappa shape index (κ1) is 18.1. The second-order valence-electron chi connectivity index (χ2n) is 4.83. The molecule has 0 saturated heterocycles. The van der Waals surface area contributed by atoms with Gasteiger partial charge in [0.2, 0.25) is 0 Å². The molecule has 24 heavy (non-hydrogen) atoms. The number of pyridine rings is 1. The summed E-state index contributed by atoms with van der Waals surface area (Å²) in [7, 11) is 0. The third kappa shape index (κ3) is 3.30. The van der Waals surface area contributed by atoms with Gasteiger partial charge in [0, 0.05) is 15.6 Å². The minimum absolute atomic E-state index is 0.0255. The molecule has 1 aromatic heterocycles.